The first-order valence-corrected chi connectivity index (χ1v) is 12.8. The molecule has 0 unspecified atom stereocenters. The molecular weight excluding hydrogens is 519 g/mol. The van der Waals surface area contributed by atoms with Crippen LogP contribution in [0.25, 0.3) is 55.8 Å². The maximum Gasteiger partial charge on any atom is 0.228 e. The minimum Gasteiger partial charge on any atom is -0.335 e. The summed E-state index contributed by atoms with van der Waals surface area (Å²) in [5.74, 6) is 0.0261. The molecule has 0 atom stereocenters. The maximum atomic E-state index is 14.6. The summed E-state index contributed by atoms with van der Waals surface area (Å²) < 4.78 is 14.6. The Morgan fingerprint density at radius 2 is 1.68 bits per heavy atom. The zero-order chi connectivity index (χ0) is 27.8. The van der Waals surface area contributed by atoms with Crippen molar-refractivity contribution in [1.29, 1.82) is 0 Å². The molecule has 5 aromatic heterocycles. The van der Waals surface area contributed by atoms with Gasteiger partial charge in [-0.3, -0.25) is 24.8 Å². The predicted octanol–water partition coefficient (Wildman–Crippen LogP) is 5.95. The molecule has 0 aliphatic carbocycles. The first-order valence-electron chi connectivity index (χ1n) is 12.8. The SMILES string of the molecule is O=C(Cc1ccccc1)Nc1cncc(-c2cc3c(-c4nc5c(-c6ccccc6F)cncc5[nH]4)n[nH]c3cn2)c1. The molecule has 0 fully saturated rings. The van der Waals surface area contributed by atoms with Crippen LogP contribution in [0.1, 0.15) is 5.56 Å². The summed E-state index contributed by atoms with van der Waals surface area (Å²) in [6, 6.07) is 19.8. The number of benzene rings is 2. The number of pyridine rings is 3. The normalized spacial score (nSPS) is 11.2. The Bertz CT molecular complexity index is 2050. The van der Waals surface area contributed by atoms with Gasteiger partial charge in [-0.25, -0.2) is 9.37 Å². The zero-order valence-electron chi connectivity index (χ0n) is 21.5. The largest absolute Gasteiger partial charge is 0.335 e. The lowest BCUT2D eigenvalue weighted by atomic mass is 10.1. The van der Waals surface area contributed by atoms with Crippen LogP contribution >= 0.6 is 0 Å². The number of nitrogens with one attached hydrogen (secondary N) is 3. The minimum atomic E-state index is -0.348. The van der Waals surface area contributed by atoms with Crippen molar-refractivity contribution in [1.82, 2.24) is 35.1 Å². The molecule has 2 aromatic carbocycles. The van der Waals surface area contributed by atoms with Crippen LogP contribution in [0.2, 0.25) is 0 Å². The number of hydrogen-bond acceptors (Lipinski definition) is 6. The summed E-state index contributed by atoms with van der Waals surface area (Å²) in [7, 11) is 0. The summed E-state index contributed by atoms with van der Waals surface area (Å²) in [6.45, 7) is 0. The molecule has 1 amide bonds. The Kier molecular flexibility index (Phi) is 5.97. The second-order valence-corrected chi connectivity index (χ2v) is 9.51. The van der Waals surface area contributed by atoms with Crippen LogP contribution in [0.3, 0.4) is 0 Å². The number of hydrogen-bond donors (Lipinski definition) is 3. The van der Waals surface area contributed by atoms with Gasteiger partial charge in [0, 0.05) is 34.5 Å². The Morgan fingerprint density at radius 1 is 0.854 bits per heavy atom. The number of halogens is 1. The Labute approximate surface area is 232 Å². The van der Waals surface area contributed by atoms with Crippen LogP contribution in [0.15, 0.2) is 97.7 Å². The van der Waals surface area contributed by atoms with Gasteiger partial charge in [0.2, 0.25) is 5.91 Å². The molecule has 10 heteroatoms. The highest BCUT2D eigenvalue weighted by Gasteiger charge is 2.18. The van der Waals surface area contributed by atoms with Gasteiger partial charge >= 0.3 is 0 Å². The van der Waals surface area contributed by atoms with Gasteiger partial charge < -0.3 is 10.3 Å². The molecule has 41 heavy (non-hydrogen) atoms. The van der Waals surface area contributed by atoms with Gasteiger partial charge in [0.05, 0.1) is 47.4 Å². The molecule has 7 aromatic rings. The quantitative estimate of drug-likeness (QED) is 0.240. The van der Waals surface area contributed by atoms with E-state index in [-0.39, 0.29) is 18.1 Å². The number of carbonyl (C=O) groups excluding carboxylic acids is 1. The third-order valence-corrected chi connectivity index (χ3v) is 6.76. The molecule has 198 valence electrons. The first kappa shape index (κ1) is 24.3. The minimum absolute atomic E-state index is 0.134. The van der Waals surface area contributed by atoms with E-state index in [2.05, 4.69) is 35.5 Å². The van der Waals surface area contributed by atoms with E-state index in [0.29, 0.717) is 45.1 Å². The van der Waals surface area contributed by atoms with Gasteiger partial charge in [-0.05, 0) is 23.8 Å². The molecule has 0 bridgehead atoms. The third-order valence-electron chi connectivity index (χ3n) is 6.76. The average molecular weight is 541 g/mol. The Balaban J connectivity index is 1.22. The number of aromatic amines is 2. The average Bonchev–Trinajstić information content (AvgIpc) is 3.62. The molecular formula is C31H21FN8O. The molecule has 3 N–H and O–H groups in total. The van der Waals surface area contributed by atoms with Gasteiger partial charge in [-0.2, -0.15) is 5.10 Å². The van der Waals surface area contributed by atoms with Crippen LogP contribution in [-0.2, 0) is 11.2 Å². The molecule has 0 spiro atoms. The van der Waals surface area contributed by atoms with Crippen molar-refractivity contribution >= 4 is 33.5 Å². The summed E-state index contributed by atoms with van der Waals surface area (Å²) >= 11 is 0. The lowest BCUT2D eigenvalue weighted by Gasteiger charge is -2.07. The van der Waals surface area contributed by atoms with Crippen molar-refractivity contribution in [2.75, 3.05) is 5.32 Å². The molecule has 0 saturated carbocycles. The van der Waals surface area contributed by atoms with Crippen molar-refractivity contribution in [3.8, 4) is 33.9 Å². The van der Waals surface area contributed by atoms with Crippen molar-refractivity contribution in [3.63, 3.8) is 0 Å². The molecule has 0 saturated heterocycles. The number of fused-ring (bicyclic) bond motifs is 2. The van der Waals surface area contributed by atoms with Crippen molar-refractivity contribution < 1.29 is 9.18 Å². The zero-order valence-corrected chi connectivity index (χ0v) is 21.5. The molecule has 9 nitrogen and oxygen atoms in total. The standard InChI is InChI=1S/C31H21FN8O/c32-24-9-5-4-8-21(24)23-15-34-16-27-29(23)38-31(37-27)30-22-12-25(35-17-26(22)39-40-30)19-11-20(14-33-13-19)36-28(41)10-18-6-2-1-3-7-18/h1-9,11-17H,10H2,(H,36,41)(H,37,38)(H,39,40). The smallest absolute Gasteiger partial charge is 0.228 e. The van der Waals surface area contributed by atoms with E-state index < -0.39 is 0 Å². The summed E-state index contributed by atoms with van der Waals surface area (Å²) in [6.07, 6.45) is 8.50. The monoisotopic (exact) mass is 540 g/mol. The van der Waals surface area contributed by atoms with E-state index in [9.17, 15) is 9.18 Å². The highest BCUT2D eigenvalue weighted by molar-refractivity contribution is 5.98. The van der Waals surface area contributed by atoms with Gasteiger partial charge in [0.1, 0.15) is 17.0 Å². The van der Waals surface area contributed by atoms with Gasteiger partial charge in [0.25, 0.3) is 0 Å². The fourth-order valence-electron chi connectivity index (χ4n) is 4.81. The van der Waals surface area contributed by atoms with Crippen LogP contribution < -0.4 is 5.32 Å². The van der Waals surface area contributed by atoms with E-state index in [4.69, 9.17) is 4.98 Å². The number of nitrogens with zero attached hydrogens (tertiary/aromatic N) is 5. The molecule has 0 aliphatic heterocycles. The van der Waals surface area contributed by atoms with Crippen LogP contribution in [0.5, 0.6) is 0 Å². The van der Waals surface area contributed by atoms with Gasteiger partial charge in [0.15, 0.2) is 5.82 Å². The summed E-state index contributed by atoms with van der Waals surface area (Å²) in [4.78, 5) is 33.8. The Hall–Kier alpha value is -5.77. The second-order valence-electron chi connectivity index (χ2n) is 9.51. The van der Waals surface area contributed by atoms with Crippen LogP contribution in [0, 0.1) is 5.82 Å². The number of H-pyrrole nitrogens is 2. The highest BCUT2D eigenvalue weighted by atomic mass is 19.1. The Morgan fingerprint density at radius 3 is 2.56 bits per heavy atom. The van der Waals surface area contributed by atoms with E-state index in [1.54, 1.807) is 49.2 Å². The number of imidazole rings is 1. The summed E-state index contributed by atoms with van der Waals surface area (Å²) in [5, 5.41) is 11.2. The lowest BCUT2D eigenvalue weighted by Crippen LogP contribution is -2.14. The van der Waals surface area contributed by atoms with Crippen molar-refractivity contribution in [2.24, 2.45) is 0 Å². The van der Waals surface area contributed by atoms with E-state index in [1.807, 2.05) is 42.5 Å². The fourth-order valence-corrected chi connectivity index (χ4v) is 4.81. The van der Waals surface area contributed by atoms with E-state index >= 15 is 0 Å². The van der Waals surface area contributed by atoms with E-state index in [0.717, 1.165) is 22.0 Å². The van der Waals surface area contributed by atoms with Gasteiger partial charge in [-0.15, -0.1) is 0 Å². The van der Waals surface area contributed by atoms with Crippen LogP contribution in [-0.4, -0.2) is 41.0 Å². The molecule has 0 radical (unpaired) electrons. The second kappa shape index (κ2) is 10.1. The molecule has 5 heterocycles. The highest BCUT2D eigenvalue weighted by Crippen LogP contribution is 2.33. The van der Waals surface area contributed by atoms with Crippen molar-refractivity contribution in [2.45, 2.75) is 6.42 Å². The van der Waals surface area contributed by atoms with Crippen molar-refractivity contribution in [3.05, 3.63) is 109 Å². The number of rotatable bonds is 6. The van der Waals surface area contributed by atoms with Gasteiger partial charge in [-0.1, -0.05) is 48.5 Å². The summed E-state index contributed by atoms with van der Waals surface area (Å²) in [5.41, 5.74) is 6.44. The molecule has 7 rings (SSSR count). The number of amides is 1. The fraction of sp³-hybridized carbons (Fsp3) is 0.0323. The number of aromatic nitrogens is 7. The topological polar surface area (TPSA) is 125 Å². The number of anilines is 1. The maximum absolute atomic E-state index is 14.6. The van der Waals surface area contributed by atoms with E-state index in [1.165, 1.54) is 6.07 Å². The third kappa shape index (κ3) is 4.67. The van der Waals surface area contributed by atoms with Crippen LogP contribution in [0.4, 0.5) is 10.1 Å². The number of carbonyl (C=O) groups is 1. The molecule has 0 aliphatic rings. The lowest BCUT2D eigenvalue weighted by molar-refractivity contribution is -0.115. The first-order chi connectivity index (χ1) is 20.1. The predicted molar refractivity (Wildman–Crippen MR) is 154 cm³/mol.